The SMILES string of the molecule is CC1CNCCN1CC1CCCN(S(C)(=O)=O)C1.Cl. The van der Waals surface area contributed by atoms with E-state index in [4.69, 9.17) is 0 Å². The number of piperidine rings is 1. The molecule has 0 spiro atoms. The summed E-state index contributed by atoms with van der Waals surface area (Å²) in [5.41, 5.74) is 0. The Morgan fingerprint density at radius 1 is 1.32 bits per heavy atom. The highest BCUT2D eigenvalue weighted by atomic mass is 35.5. The minimum atomic E-state index is -3.01. The predicted octanol–water partition coefficient (Wildman–Crippen LogP) is 0.374. The number of halogens is 1. The summed E-state index contributed by atoms with van der Waals surface area (Å²) >= 11 is 0. The van der Waals surface area contributed by atoms with E-state index in [0.29, 0.717) is 25.0 Å². The molecule has 2 saturated heterocycles. The first kappa shape index (κ1) is 17.2. The van der Waals surface area contributed by atoms with Gasteiger partial charge in [-0.1, -0.05) is 0 Å². The van der Waals surface area contributed by atoms with Crippen LogP contribution in [-0.4, -0.2) is 69.2 Å². The zero-order chi connectivity index (χ0) is 13.2. The van der Waals surface area contributed by atoms with Crippen molar-refractivity contribution in [1.29, 1.82) is 0 Å². The molecule has 2 aliphatic heterocycles. The molecule has 2 heterocycles. The van der Waals surface area contributed by atoms with Gasteiger partial charge in [-0.25, -0.2) is 12.7 Å². The van der Waals surface area contributed by atoms with Crippen LogP contribution in [0.1, 0.15) is 19.8 Å². The second kappa shape index (κ2) is 7.22. The molecule has 0 aliphatic carbocycles. The number of sulfonamides is 1. The highest BCUT2D eigenvalue weighted by molar-refractivity contribution is 7.88. The molecule has 0 aromatic heterocycles. The Labute approximate surface area is 123 Å². The average Bonchev–Trinajstić information content (AvgIpc) is 2.31. The Morgan fingerprint density at radius 3 is 2.68 bits per heavy atom. The molecule has 0 saturated carbocycles. The van der Waals surface area contributed by atoms with Gasteiger partial charge >= 0.3 is 0 Å². The lowest BCUT2D eigenvalue weighted by Gasteiger charge is -2.39. The molecule has 0 amide bonds. The number of nitrogens with zero attached hydrogens (tertiary/aromatic N) is 2. The Hall–Kier alpha value is 0.120. The highest BCUT2D eigenvalue weighted by Gasteiger charge is 2.28. The van der Waals surface area contributed by atoms with E-state index in [-0.39, 0.29) is 12.4 Å². The first-order valence-electron chi connectivity index (χ1n) is 6.86. The van der Waals surface area contributed by atoms with Gasteiger partial charge in [-0.2, -0.15) is 0 Å². The van der Waals surface area contributed by atoms with Crippen LogP contribution < -0.4 is 5.32 Å². The van der Waals surface area contributed by atoms with Gasteiger partial charge in [-0.15, -0.1) is 12.4 Å². The molecule has 114 valence electrons. The number of hydrogen-bond donors (Lipinski definition) is 1. The maximum Gasteiger partial charge on any atom is 0.211 e. The van der Waals surface area contributed by atoms with E-state index in [0.717, 1.165) is 39.0 Å². The van der Waals surface area contributed by atoms with Crippen molar-refractivity contribution in [3.63, 3.8) is 0 Å². The number of hydrogen-bond acceptors (Lipinski definition) is 4. The van der Waals surface area contributed by atoms with Crippen molar-refractivity contribution in [3.05, 3.63) is 0 Å². The summed E-state index contributed by atoms with van der Waals surface area (Å²) in [5.74, 6) is 0.494. The number of nitrogens with one attached hydrogen (secondary N) is 1. The molecule has 1 N–H and O–H groups in total. The van der Waals surface area contributed by atoms with Crippen molar-refractivity contribution in [2.75, 3.05) is 45.5 Å². The zero-order valence-corrected chi connectivity index (χ0v) is 13.5. The second-order valence-corrected chi connectivity index (χ2v) is 7.66. The Kier molecular flexibility index (Phi) is 6.53. The summed E-state index contributed by atoms with van der Waals surface area (Å²) in [5, 5.41) is 3.39. The fraction of sp³-hybridized carbons (Fsp3) is 1.00. The third-order valence-corrected chi connectivity index (χ3v) is 5.35. The molecule has 2 unspecified atom stereocenters. The minimum absolute atomic E-state index is 0. The topological polar surface area (TPSA) is 52.6 Å². The van der Waals surface area contributed by atoms with Gasteiger partial charge < -0.3 is 5.32 Å². The summed E-state index contributed by atoms with van der Waals surface area (Å²) in [4.78, 5) is 2.49. The molecular weight excluding hydrogens is 286 g/mol. The van der Waals surface area contributed by atoms with Crippen LogP contribution in [0, 0.1) is 5.92 Å². The molecule has 0 aromatic carbocycles. The van der Waals surface area contributed by atoms with Crippen LogP contribution in [-0.2, 0) is 10.0 Å². The Morgan fingerprint density at radius 2 is 2.05 bits per heavy atom. The number of rotatable bonds is 3. The monoisotopic (exact) mass is 311 g/mol. The largest absolute Gasteiger partial charge is 0.314 e. The van der Waals surface area contributed by atoms with Crippen LogP contribution in [0.4, 0.5) is 0 Å². The second-order valence-electron chi connectivity index (χ2n) is 5.68. The normalized spacial score (nSPS) is 30.8. The molecule has 5 nitrogen and oxygen atoms in total. The minimum Gasteiger partial charge on any atom is -0.314 e. The number of piperazine rings is 1. The van der Waals surface area contributed by atoms with E-state index < -0.39 is 10.0 Å². The van der Waals surface area contributed by atoms with Gasteiger partial charge in [-0.3, -0.25) is 4.90 Å². The quantitative estimate of drug-likeness (QED) is 0.818. The molecule has 0 aromatic rings. The summed E-state index contributed by atoms with van der Waals surface area (Å²) in [6, 6.07) is 0.562. The highest BCUT2D eigenvalue weighted by Crippen LogP contribution is 2.20. The van der Waals surface area contributed by atoms with Gasteiger partial charge in [0.1, 0.15) is 0 Å². The molecule has 7 heteroatoms. The van der Waals surface area contributed by atoms with Crippen LogP contribution in [0.15, 0.2) is 0 Å². The smallest absolute Gasteiger partial charge is 0.211 e. The Balaban J connectivity index is 0.00000180. The van der Waals surface area contributed by atoms with Crippen LogP contribution in [0.5, 0.6) is 0 Å². The molecule has 2 rings (SSSR count). The van der Waals surface area contributed by atoms with Gasteiger partial charge in [0.05, 0.1) is 6.26 Å². The van der Waals surface area contributed by atoms with Crippen molar-refractivity contribution < 1.29 is 8.42 Å². The zero-order valence-electron chi connectivity index (χ0n) is 11.8. The molecule has 19 heavy (non-hydrogen) atoms. The molecule has 2 fully saturated rings. The lowest BCUT2D eigenvalue weighted by molar-refractivity contribution is 0.124. The van der Waals surface area contributed by atoms with E-state index in [1.54, 1.807) is 4.31 Å². The van der Waals surface area contributed by atoms with Crippen molar-refractivity contribution in [2.45, 2.75) is 25.8 Å². The van der Waals surface area contributed by atoms with Gasteiger partial charge in [-0.05, 0) is 25.7 Å². The molecular formula is C12H26ClN3O2S. The first-order valence-corrected chi connectivity index (χ1v) is 8.71. The molecule has 2 aliphatic rings. The standard InChI is InChI=1S/C12H25N3O2S.ClH/c1-11-8-13-5-7-14(11)9-12-4-3-6-15(10-12)18(2,16)17;/h11-13H,3-10H2,1-2H3;1H. The maximum absolute atomic E-state index is 11.6. The third-order valence-electron chi connectivity index (χ3n) is 4.08. The molecule has 2 atom stereocenters. The summed E-state index contributed by atoms with van der Waals surface area (Å²) in [6.07, 6.45) is 3.48. The summed E-state index contributed by atoms with van der Waals surface area (Å²) < 4.78 is 24.8. The van der Waals surface area contributed by atoms with Crippen molar-refractivity contribution >= 4 is 22.4 Å². The van der Waals surface area contributed by atoms with Gasteiger partial charge in [0, 0.05) is 45.3 Å². The van der Waals surface area contributed by atoms with Gasteiger partial charge in [0.25, 0.3) is 0 Å². The molecule has 0 bridgehead atoms. The van der Waals surface area contributed by atoms with Gasteiger partial charge in [0.2, 0.25) is 10.0 Å². The van der Waals surface area contributed by atoms with Crippen molar-refractivity contribution in [2.24, 2.45) is 5.92 Å². The lowest BCUT2D eigenvalue weighted by atomic mass is 9.98. The van der Waals surface area contributed by atoms with Crippen LogP contribution in [0.3, 0.4) is 0 Å². The maximum atomic E-state index is 11.6. The predicted molar refractivity (Wildman–Crippen MR) is 80.3 cm³/mol. The van der Waals surface area contributed by atoms with E-state index in [9.17, 15) is 8.42 Å². The van der Waals surface area contributed by atoms with E-state index >= 15 is 0 Å². The summed E-state index contributed by atoms with van der Waals surface area (Å²) in [6.45, 7) is 7.85. The van der Waals surface area contributed by atoms with E-state index in [2.05, 4.69) is 17.1 Å². The fourth-order valence-electron chi connectivity index (χ4n) is 2.96. The average molecular weight is 312 g/mol. The lowest BCUT2D eigenvalue weighted by Crippen LogP contribution is -2.52. The molecule has 0 radical (unpaired) electrons. The van der Waals surface area contributed by atoms with E-state index in [1.165, 1.54) is 6.26 Å². The van der Waals surface area contributed by atoms with Gasteiger partial charge in [0.15, 0.2) is 0 Å². The third kappa shape index (κ3) is 4.86. The van der Waals surface area contributed by atoms with Crippen LogP contribution in [0.25, 0.3) is 0 Å². The fourth-order valence-corrected chi connectivity index (χ4v) is 3.91. The van der Waals surface area contributed by atoms with E-state index in [1.807, 2.05) is 0 Å². The van der Waals surface area contributed by atoms with Crippen molar-refractivity contribution in [3.8, 4) is 0 Å². The summed E-state index contributed by atoms with van der Waals surface area (Å²) in [7, 11) is -3.01. The first-order chi connectivity index (χ1) is 8.47. The van der Waals surface area contributed by atoms with Crippen LogP contribution >= 0.6 is 12.4 Å². The Bertz CT molecular complexity index is 377. The van der Waals surface area contributed by atoms with Crippen molar-refractivity contribution in [1.82, 2.24) is 14.5 Å². The van der Waals surface area contributed by atoms with Crippen LogP contribution in [0.2, 0.25) is 0 Å².